The van der Waals surface area contributed by atoms with Crippen molar-refractivity contribution in [3.8, 4) is 5.82 Å². The minimum atomic E-state index is -0.182. The number of rotatable bonds is 4. The van der Waals surface area contributed by atoms with E-state index in [1.54, 1.807) is 17.1 Å². The lowest BCUT2D eigenvalue weighted by atomic mass is 10.2. The Labute approximate surface area is 152 Å². The van der Waals surface area contributed by atoms with Crippen molar-refractivity contribution in [2.45, 2.75) is 6.54 Å². The van der Waals surface area contributed by atoms with Gasteiger partial charge in [0.1, 0.15) is 5.69 Å². The maximum absolute atomic E-state index is 12.6. The summed E-state index contributed by atoms with van der Waals surface area (Å²) < 4.78 is 2.44. The monoisotopic (exact) mass is 395 g/mol. The number of para-hydroxylation sites is 1. The molecule has 0 aliphatic heterocycles. The lowest BCUT2D eigenvalue weighted by Gasteiger charge is -2.09. The molecule has 0 unspecified atom stereocenters. The number of fused-ring (bicyclic) bond motifs is 1. The highest BCUT2D eigenvalue weighted by atomic mass is 79.9. The number of H-pyrrole nitrogens is 1. The Morgan fingerprint density at radius 2 is 2.04 bits per heavy atom. The second-order valence-electron chi connectivity index (χ2n) is 5.48. The maximum Gasteiger partial charge on any atom is 0.269 e. The van der Waals surface area contributed by atoms with Gasteiger partial charge in [0.05, 0.1) is 4.47 Å². The van der Waals surface area contributed by atoms with E-state index in [-0.39, 0.29) is 5.91 Å². The molecular weight excluding hydrogens is 382 g/mol. The normalized spacial score (nSPS) is 10.9. The average molecular weight is 396 g/mol. The van der Waals surface area contributed by atoms with Gasteiger partial charge in [-0.2, -0.15) is 5.10 Å². The summed E-state index contributed by atoms with van der Waals surface area (Å²) in [6.07, 6.45) is 5.22. The van der Waals surface area contributed by atoms with Crippen LogP contribution in [0.5, 0.6) is 0 Å². The smallest absolute Gasteiger partial charge is 0.269 e. The highest BCUT2D eigenvalue weighted by Crippen LogP contribution is 2.27. The molecule has 1 aromatic carbocycles. The third-order valence-corrected chi connectivity index (χ3v) is 4.72. The van der Waals surface area contributed by atoms with Crippen LogP contribution in [-0.2, 0) is 6.54 Å². The van der Waals surface area contributed by atoms with Crippen LogP contribution in [0.15, 0.2) is 65.5 Å². The van der Waals surface area contributed by atoms with Gasteiger partial charge in [-0.3, -0.25) is 4.79 Å². The second-order valence-corrected chi connectivity index (χ2v) is 6.27. The van der Waals surface area contributed by atoms with Crippen molar-refractivity contribution in [2.24, 2.45) is 0 Å². The molecule has 0 atom stereocenters. The minimum Gasteiger partial charge on any atom is -0.350 e. The number of benzene rings is 1. The fourth-order valence-corrected chi connectivity index (χ4v) is 3.32. The molecule has 0 radical (unpaired) electrons. The summed E-state index contributed by atoms with van der Waals surface area (Å²) >= 11 is 3.51. The Bertz CT molecular complexity index is 1040. The van der Waals surface area contributed by atoms with Gasteiger partial charge in [-0.15, -0.1) is 0 Å². The van der Waals surface area contributed by atoms with E-state index in [4.69, 9.17) is 0 Å². The van der Waals surface area contributed by atoms with Crippen LogP contribution in [0.2, 0.25) is 0 Å². The number of carbonyl (C=O) groups excluding carboxylic acids is 1. The number of nitrogens with zero attached hydrogens (tertiary/aromatic N) is 3. The zero-order chi connectivity index (χ0) is 17.2. The SMILES string of the molecule is O=C(NCc1cccnc1-n1cccn1)c1[nH]c2ccccc2c1Br. The van der Waals surface area contributed by atoms with Gasteiger partial charge in [-0.25, -0.2) is 9.67 Å². The minimum absolute atomic E-state index is 0.182. The second kappa shape index (κ2) is 6.52. The van der Waals surface area contributed by atoms with Crippen molar-refractivity contribution in [3.05, 3.63) is 76.8 Å². The van der Waals surface area contributed by atoms with E-state index in [1.807, 2.05) is 48.7 Å². The van der Waals surface area contributed by atoms with Crippen LogP contribution in [0.4, 0.5) is 0 Å². The molecule has 3 aromatic heterocycles. The summed E-state index contributed by atoms with van der Waals surface area (Å²) in [6.45, 7) is 0.351. The molecule has 2 N–H and O–H groups in total. The third-order valence-electron chi connectivity index (χ3n) is 3.90. The molecule has 4 rings (SSSR count). The Morgan fingerprint density at radius 1 is 1.16 bits per heavy atom. The fraction of sp³-hybridized carbons (Fsp3) is 0.0556. The third kappa shape index (κ3) is 2.94. The number of hydrogen-bond donors (Lipinski definition) is 2. The number of nitrogens with one attached hydrogen (secondary N) is 2. The summed E-state index contributed by atoms with van der Waals surface area (Å²) in [7, 11) is 0. The van der Waals surface area contributed by atoms with Gasteiger partial charge in [0.2, 0.25) is 0 Å². The highest BCUT2D eigenvalue weighted by molar-refractivity contribution is 9.10. The van der Waals surface area contributed by atoms with Crippen LogP contribution in [0.3, 0.4) is 0 Å². The molecule has 6 nitrogen and oxygen atoms in total. The van der Waals surface area contributed by atoms with Crippen molar-refractivity contribution >= 4 is 32.7 Å². The van der Waals surface area contributed by atoms with Crippen LogP contribution in [0, 0.1) is 0 Å². The van der Waals surface area contributed by atoms with Gasteiger partial charge in [0, 0.05) is 41.6 Å². The van der Waals surface area contributed by atoms with Crippen molar-refractivity contribution in [2.75, 3.05) is 0 Å². The van der Waals surface area contributed by atoms with E-state index in [2.05, 4.69) is 36.3 Å². The van der Waals surface area contributed by atoms with Crippen molar-refractivity contribution < 1.29 is 4.79 Å². The molecule has 3 heterocycles. The molecule has 1 amide bonds. The Balaban J connectivity index is 1.57. The number of carbonyl (C=O) groups is 1. The van der Waals surface area contributed by atoms with E-state index >= 15 is 0 Å². The van der Waals surface area contributed by atoms with Crippen molar-refractivity contribution in [1.29, 1.82) is 0 Å². The summed E-state index contributed by atoms with van der Waals surface area (Å²) in [5.74, 6) is 0.516. The van der Waals surface area contributed by atoms with E-state index in [0.717, 1.165) is 20.9 Å². The predicted octanol–water partition coefficient (Wildman–Crippen LogP) is 3.44. The van der Waals surface area contributed by atoms with Gasteiger partial charge < -0.3 is 10.3 Å². The first kappa shape index (κ1) is 15.6. The number of aromatic amines is 1. The molecule has 4 aromatic rings. The lowest BCUT2D eigenvalue weighted by Crippen LogP contribution is -2.24. The molecule has 0 saturated heterocycles. The van der Waals surface area contributed by atoms with Gasteiger partial charge in [0.15, 0.2) is 5.82 Å². The van der Waals surface area contributed by atoms with E-state index in [0.29, 0.717) is 18.1 Å². The molecule has 0 spiro atoms. The van der Waals surface area contributed by atoms with Crippen LogP contribution >= 0.6 is 15.9 Å². The standard InChI is InChI=1S/C18H14BrN5O/c19-15-13-6-1-2-7-14(13)23-16(15)18(25)21-11-12-5-3-8-20-17(12)24-10-4-9-22-24/h1-10,23H,11H2,(H,21,25). The van der Waals surface area contributed by atoms with E-state index < -0.39 is 0 Å². The molecule has 0 bridgehead atoms. The van der Waals surface area contributed by atoms with Crippen molar-refractivity contribution in [1.82, 2.24) is 25.1 Å². The summed E-state index contributed by atoms with van der Waals surface area (Å²) in [6, 6.07) is 13.4. The lowest BCUT2D eigenvalue weighted by molar-refractivity contribution is 0.0946. The molecule has 0 aliphatic carbocycles. The first-order valence-electron chi connectivity index (χ1n) is 7.72. The summed E-state index contributed by atoms with van der Waals surface area (Å²) in [5.41, 5.74) is 2.30. The van der Waals surface area contributed by atoms with Crippen LogP contribution in [0.1, 0.15) is 16.1 Å². The molecule has 0 saturated carbocycles. The molecular formula is C18H14BrN5O. The predicted molar refractivity (Wildman–Crippen MR) is 98.5 cm³/mol. The van der Waals surface area contributed by atoms with Crippen molar-refractivity contribution in [3.63, 3.8) is 0 Å². The largest absolute Gasteiger partial charge is 0.350 e. The number of hydrogen-bond acceptors (Lipinski definition) is 3. The number of amides is 1. The van der Waals surface area contributed by atoms with Crippen LogP contribution < -0.4 is 5.32 Å². The number of aromatic nitrogens is 4. The van der Waals surface area contributed by atoms with Gasteiger partial charge in [-0.1, -0.05) is 24.3 Å². The zero-order valence-electron chi connectivity index (χ0n) is 13.1. The molecule has 124 valence electrons. The molecule has 25 heavy (non-hydrogen) atoms. The fourth-order valence-electron chi connectivity index (χ4n) is 2.70. The number of pyridine rings is 1. The van der Waals surface area contributed by atoms with Gasteiger partial charge in [0.25, 0.3) is 5.91 Å². The van der Waals surface area contributed by atoms with Crippen LogP contribution in [0.25, 0.3) is 16.7 Å². The topological polar surface area (TPSA) is 75.6 Å². The molecule has 0 aliphatic rings. The van der Waals surface area contributed by atoms with Gasteiger partial charge in [-0.05, 0) is 34.1 Å². The average Bonchev–Trinajstić information content (AvgIpc) is 3.29. The Hall–Kier alpha value is -2.93. The van der Waals surface area contributed by atoms with Gasteiger partial charge >= 0.3 is 0 Å². The molecule has 0 fully saturated rings. The number of halogens is 1. The maximum atomic E-state index is 12.6. The Morgan fingerprint density at radius 3 is 2.84 bits per heavy atom. The summed E-state index contributed by atoms with van der Waals surface area (Å²) in [4.78, 5) is 20.1. The van der Waals surface area contributed by atoms with E-state index in [1.165, 1.54) is 0 Å². The summed E-state index contributed by atoms with van der Waals surface area (Å²) in [5, 5.41) is 8.12. The van der Waals surface area contributed by atoms with Crippen LogP contribution in [-0.4, -0.2) is 25.7 Å². The van der Waals surface area contributed by atoms with E-state index in [9.17, 15) is 4.79 Å². The first-order valence-corrected chi connectivity index (χ1v) is 8.51. The first-order chi connectivity index (χ1) is 12.2. The Kier molecular flexibility index (Phi) is 4.07. The molecule has 7 heteroatoms. The quantitative estimate of drug-likeness (QED) is 0.555. The zero-order valence-corrected chi connectivity index (χ0v) is 14.7. The highest BCUT2D eigenvalue weighted by Gasteiger charge is 2.16.